The molecule has 0 aromatic carbocycles. The van der Waals surface area contributed by atoms with Crippen molar-refractivity contribution in [3.05, 3.63) is 29.6 Å². The van der Waals surface area contributed by atoms with Crippen LogP contribution in [0.25, 0.3) is 0 Å². The van der Waals surface area contributed by atoms with E-state index in [4.69, 9.17) is 4.74 Å². The maximum atomic E-state index is 13.3. The van der Waals surface area contributed by atoms with E-state index in [0.29, 0.717) is 19.0 Å². The molecule has 0 N–H and O–H groups in total. The summed E-state index contributed by atoms with van der Waals surface area (Å²) in [5.74, 6) is -0.161. The van der Waals surface area contributed by atoms with Crippen molar-refractivity contribution in [1.82, 2.24) is 19.6 Å². The van der Waals surface area contributed by atoms with Crippen LogP contribution in [0.1, 0.15) is 38.1 Å². The monoisotopic (exact) mass is 414 g/mol. The largest absolute Gasteiger partial charge is 0.360 e. The van der Waals surface area contributed by atoms with Crippen molar-refractivity contribution < 1.29 is 14.3 Å². The Hall–Kier alpha value is -2.15. The molecule has 2 amide bonds. The third-order valence-corrected chi connectivity index (χ3v) is 6.78. The fourth-order valence-electron chi connectivity index (χ4n) is 5.19. The lowest BCUT2D eigenvalue weighted by molar-refractivity contribution is -0.142. The number of carbonyl (C=O) groups is 2. The first-order valence-electron chi connectivity index (χ1n) is 11.1. The van der Waals surface area contributed by atoms with Gasteiger partial charge in [0.2, 0.25) is 11.8 Å². The number of hydrogen-bond donors (Lipinski definition) is 0. The maximum absolute atomic E-state index is 13.3. The van der Waals surface area contributed by atoms with E-state index in [2.05, 4.69) is 25.0 Å². The second-order valence-corrected chi connectivity index (χ2v) is 9.61. The Balaban J connectivity index is 1.39. The maximum Gasteiger partial charge on any atom is 0.230 e. The Morgan fingerprint density at radius 3 is 2.80 bits per heavy atom. The lowest BCUT2D eigenvalue weighted by Gasteiger charge is -2.28. The van der Waals surface area contributed by atoms with Crippen LogP contribution in [0.3, 0.4) is 0 Å². The Morgan fingerprint density at radius 2 is 2.13 bits per heavy atom. The third-order valence-electron chi connectivity index (χ3n) is 6.78. The zero-order valence-electron chi connectivity index (χ0n) is 18.8. The number of hydrogen-bond acceptors (Lipinski definition) is 4. The molecule has 7 nitrogen and oxygen atoms in total. The lowest BCUT2D eigenvalue weighted by atomic mass is 9.76. The molecular formula is C23H34N4O3. The number of carbonyl (C=O) groups excluding carboxylic acids is 2. The summed E-state index contributed by atoms with van der Waals surface area (Å²) in [5.41, 5.74) is 1.53. The first-order valence-corrected chi connectivity index (χ1v) is 11.1. The van der Waals surface area contributed by atoms with Crippen molar-refractivity contribution in [2.75, 3.05) is 26.7 Å². The molecule has 2 saturated heterocycles. The molecule has 0 saturated carbocycles. The molecule has 4 rings (SSSR count). The quantitative estimate of drug-likeness (QED) is 0.612. The SMILES string of the molecule is Cc1cc(C)n(CCCN(C)C(=O)C2C3C(=O)N(CCC(C)C)C[C@@]34C=C[C@@H]2O4)n1. The number of aromatic nitrogens is 2. The number of nitrogens with zero attached hydrogens (tertiary/aromatic N) is 4. The Kier molecular flexibility index (Phi) is 5.51. The third kappa shape index (κ3) is 3.57. The summed E-state index contributed by atoms with van der Waals surface area (Å²) in [5, 5.41) is 4.49. The van der Waals surface area contributed by atoms with Gasteiger partial charge in [0.25, 0.3) is 0 Å². The Bertz CT molecular complexity index is 861. The van der Waals surface area contributed by atoms with Crippen molar-refractivity contribution in [3.8, 4) is 0 Å². The van der Waals surface area contributed by atoms with Crippen LogP contribution in [0.5, 0.6) is 0 Å². The summed E-state index contributed by atoms with van der Waals surface area (Å²) in [7, 11) is 1.84. The predicted octanol–water partition coefficient (Wildman–Crippen LogP) is 2.18. The van der Waals surface area contributed by atoms with Crippen LogP contribution in [0.2, 0.25) is 0 Å². The van der Waals surface area contributed by atoms with Crippen LogP contribution in [0.4, 0.5) is 0 Å². The van der Waals surface area contributed by atoms with Gasteiger partial charge in [0.15, 0.2) is 0 Å². The molecule has 0 radical (unpaired) electrons. The molecule has 4 atom stereocenters. The highest BCUT2D eigenvalue weighted by Crippen LogP contribution is 2.52. The minimum atomic E-state index is -0.608. The average molecular weight is 415 g/mol. The van der Waals surface area contributed by atoms with Crippen LogP contribution < -0.4 is 0 Å². The number of aryl methyl sites for hydroxylation is 3. The van der Waals surface area contributed by atoms with Gasteiger partial charge in [0.1, 0.15) is 5.60 Å². The molecule has 1 spiro atoms. The van der Waals surface area contributed by atoms with Crippen LogP contribution in [0.15, 0.2) is 18.2 Å². The van der Waals surface area contributed by atoms with E-state index in [1.165, 1.54) is 0 Å². The molecule has 1 aromatic rings. The average Bonchev–Trinajstić information content (AvgIpc) is 3.40. The van der Waals surface area contributed by atoms with E-state index >= 15 is 0 Å². The summed E-state index contributed by atoms with van der Waals surface area (Å²) in [6.07, 6.45) is 5.52. The zero-order valence-corrected chi connectivity index (χ0v) is 18.8. The van der Waals surface area contributed by atoms with E-state index < -0.39 is 11.5 Å². The van der Waals surface area contributed by atoms with Crippen LogP contribution in [-0.4, -0.2) is 69.8 Å². The molecule has 164 valence electrons. The highest BCUT2D eigenvalue weighted by atomic mass is 16.5. The second kappa shape index (κ2) is 7.84. The number of fused-ring (bicyclic) bond motifs is 1. The second-order valence-electron chi connectivity index (χ2n) is 9.61. The molecule has 3 aliphatic rings. The number of amides is 2. The van der Waals surface area contributed by atoms with Crippen LogP contribution in [-0.2, 0) is 20.9 Å². The van der Waals surface area contributed by atoms with Crippen molar-refractivity contribution in [2.24, 2.45) is 17.8 Å². The smallest absolute Gasteiger partial charge is 0.230 e. The highest BCUT2D eigenvalue weighted by Gasteiger charge is 2.66. The van der Waals surface area contributed by atoms with Crippen molar-refractivity contribution in [1.29, 1.82) is 0 Å². The number of likely N-dealkylation sites (tertiary alicyclic amines) is 1. The van der Waals surface area contributed by atoms with Gasteiger partial charge in [-0.3, -0.25) is 14.3 Å². The molecule has 1 aromatic heterocycles. The first kappa shape index (κ1) is 21.1. The van der Waals surface area contributed by atoms with Gasteiger partial charge >= 0.3 is 0 Å². The Labute approximate surface area is 179 Å². The molecule has 2 bridgehead atoms. The fourth-order valence-corrected chi connectivity index (χ4v) is 5.19. The van der Waals surface area contributed by atoms with Crippen LogP contribution >= 0.6 is 0 Å². The highest BCUT2D eigenvalue weighted by molar-refractivity contribution is 5.93. The molecular weight excluding hydrogens is 380 g/mol. The van der Waals surface area contributed by atoms with Gasteiger partial charge in [0, 0.05) is 32.4 Å². The molecule has 2 unspecified atom stereocenters. The molecule has 4 heterocycles. The van der Waals surface area contributed by atoms with E-state index in [-0.39, 0.29) is 23.8 Å². The summed E-state index contributed by atoms with van der Waals surface area (Å²) >= 11 is 0. The standard InChI is InChI=1S/C23H34N4O3/c1-15(2)8-12-26-14-23-9-7-18(30-23)19(20(23)22(26)29)21(28)25(5)10-6-11-27-17(4)13-16(3)24-27/h7,9,13,15,18-20H,6,8,10-12,14H2,1-5H3/t18-,19?,20?,23-/m0/s1. The van der Waals surface area contributed by atoms with Gasteiger partial charge in [-0.2, -0.15) is 5.10 Å². The van der Waals surface area contributed by atoms with E-state index in [1.807, 2.05) is 42.6 Å². The molecule has 0 aliphatic carbocycles. The van der Waals surface area contributed by atoms with E-state index in [0.717, 1.165) is 37.3 Å². The summed E-state index contributed by atoms with van der Waals surface area (Å²) in [4.78, 5) is 30.2. The summed E-state index contributed by atoms with van der Waals surface area (Å²) in [6, 6.07) is 2.06. The minimum absolute atomic E-state index is 0.0173. The predicted molar refractivity (Wildman–Crippen MR) is 114 cm³/mol. The molecule has 2 fully saturated rings. The van der Waals surface area contributed by atoms with Crippen LogP contribution in [0, 0.1) is 31.6 Å². The van der Waals surface area contributed by atoms with Gasteiger partial charge in [-0.05, 0) is 38.7 Å². The van der Waals surface area contributed by atoms with E-state index in [9.17, 15) is 9.59 Å². The molecule has 30 heavy (non-hydrogen) atoms. The van der Waals surface area contributed by atoms with Gasteiger partial charge in [-0.25, -0.2) is 0 Å². The van der Waals surface area contributed by atoms with Gasteiger partial charge < -0.3 is 14.5 Å². The first-order chi connectivity index (χ1) is 14.2. The zero-order chi connectivity index (χ0) is 21.6. The Morgan fingerprint density at radius 1 is 1.37 bits per heavy atom. The summed E-state index contributed by atoms with van der Waals surface area (Å²) < 4.78 is 8.22. The molecule has 7 heteroatoms. The van der Waals surface area contributed by atoms with Crippen molar-refractivity contribution >= 4 is 11.8 Å². The normalized spacial score (nSPS) is 29.3. The van der Waals surface area contributed by atoms with Crippen molar-refractivity contribution in [3.63, 3.8) is 0 Å². The topological polar surface area (TPSA) is 67.7 Å². The van der Waals surface area contributed by atoms with Crippen molar-refractivity contribution in [2.45, 2.75) is 58.8 Å². The molecule has 3 aliphatic heterocycles. The van der Waals surface area contributed by atoms with E-state index in [1.54, 1.807) is 4.90 Å². The fraction of sp³-hybridized carbons (Fsp3) is 0.696. The lowest BCUT2D eigenvalue weighted by Crippen LogP contribution is -2.45. The summed E-state index contributed by atoms with van der Waals surface area (Å²) in [6.45, 7) is 11.1. The number of rotatable bonds is 8. The number of ether oxygens (including phenoxy) is 1. The minimum Gasteiger partial charge on any atom is -0.360 e. The van der Waals surface area contributed by atoms with Gasteiger partial charge in [0.05, 0.1) is 30.2 Å². The van der Waals surface area contributed by atoms with Gasteiger partial charge in [-0.1, -0.05) is 26.0 Å². The van der Waals surface area contributed by atoms with Gasteiger partial charge in [-0.15, -0.1) is 0 Å².